The Morgan fingerprint density at radius 2 is 1.93 bits per heavy atom. The molecule has 6 heteroatoms. The number of hydrogen-bond donors (Lipinski definition) is 0. The summed E-state index contributed by atoms with van der Waals surface area (Å²) >= 11 is 1.48. The minimum absolute atomic E-state index is 0.107. The van der Waals surface area contributed by atoms with Gasteiger partial charge in [-0.25, -0.2) is 13.6 Å². The van der Waals surface area contributed by atoms with Crippen LogP contribution in [-0.2, 0) is 11.3 Å². The molecule has 0 aliphatic heterocycles. The van der Waals surface area contributed by atoms with Crippen molar-refractivity contribution in [3.63, 3.8) is 0 Å². The van der Waals surface area contributed by atoms with Gasteiger partial charge in [-0.15, -0.1) is 11.3 Å². The monoisotopic (exact) mass is 389 g/mol. The molecule has 0 fully saturated rings. The van der Waals surface area contributed by atoms with Gasteiger partial charge in [-0.1, -0.05) is 37.6 Å². The molecule has 1 heterocycles. The lowest BCUT2D eigenvalue weighted by Crippen LogP contribution is -2.31. The number of rotatable bonds is 6. The zero-order chi connectivity index (χ0) is 19.4. The van der Waals surface area contributed by atoms with Crippen LogP contribution < -0.4 is 4.90 Å². The number of benzene rings is 2. The van der Waals surface area contributed by atoms with Crippen LogP contribution in [0.25, 0.3) is 10.1 Å². The minimum Gasteiger partial charge on any atom is -0.449 e. The second-order valence-electron chi connectivity index (χ2n) is 6.33. The molecule has 1 amide bonds. The number of unbranched alkanes of at least 4 members (excludes halogenated alkanes) is 1. The Labute approximate surface area is 161 Å². The molecule has 27 heavy (non-hydrogen) atoms. The first kappa shape index (κ1) is 19.3. The molecule has 0 aliphatic rings. The van der Waals surface area contributed by atoms with Crippen LogP contribution in [0.3, 0.4) is 0 Å². The Kier molecular flexibility index (Phi) is 6.06. The van der Waals surface area contributed by atoms with E-state index in [0.29, 0.717) is 12.2 Å². The molecule has 2 aromatic carbocycles. The van der Waals surface area contributed by atoms with Gasteiger partial charge in [0.2, 0.25) is 0 Å². The molecule has 1 aromatic heterocycles. The second kappa shape index (κ2) is 8.48. The number of amides is 1. The highest BCUT2D eigenvalue weighted by Crippen LogP contribution is 2.38. The van der Waals surface area contributed by atoms with E-state index in [9.17, 15) is 13.6 Å². The maximum absolute atomic E-state index is 13.6. The van der Waals surface area contributed by atoms with Crippen LogP contribution >= 0.6 is 11.3 Å². The fourth-order valence-electron chi connectivity index (χ4n) is 2.84. The van der Waals surface area contributed by atoms with Gasteiger partial charge in [0.1, 0.15) is 5.00 Å². The van der Waals surface area contributed by atoms with E-state index in [0.717, 1.165) is 45.6 Å². The van der Waals surface area contributed by atoms with Gasteiger partial charge in [0.15, 0.2) is 11.6 Å². The van der Waals surface area contributed by atoms with Gasteiger partial charge in [-0.05, 0) is 48.1 Å². The van der Waals surface area contributed by atoms with E-state index in [1.54, 1.807) is 0 Å². The molecule has 3 aromatic rings. The van der Waals surface area contributed by atoms with Crippen molar-refractivity contribution in [2.45, 2.75) is 33.2 Å². The molecule has 0 aliphatic carbocycles. The van der Waals surface area contributed by atoms with Crippen molar-refractivity contribution in [3.05, 3.63) is 65.2 Å². The average molecular weight is 389 g/mol. The largest absolute Gasteiger partial charge is 0.449 e. The minimum atomic E-state index is -0.931. The second-order valence-corrected chi connectivity index (χ2v) is 7.36. The van der Waals surface area contributed by atoms with Crippen molar-refractivity contribution in [2.75, 3.05) is 11.5 Å². The molecule has 0 saturated carbocycles. The SMILES string of the molecule is CCCCOC(=O)N(Cc1ccc(F)c(F)c1)c1sc2ccccc2c1C. The maximum atomic E-state index is 13.6. The van der Waals surface area contributed by atoms with Crippen LogP contribution in [0, 0.1) is 18.6 Å². The zero-order valence-electron chi connectivity index (χ0n) is 15.3. The Bertz CT molecular complexity index is 955. The van der Waals surface area contributed by atoms with E-state index < -0.39 is 17.7 Å². The molecule has 3 rings (SSSR count). The summed E-state index contributed by atoms with van der Waals surface area (Å²) in [5.74, 6) is -1.84. The van der Waals surface area contributed by atoms with Crippen molar-refractivity contribution in [1.82, 2.24) is 0 Å². The summed E-state index contributed by atoms with van der Waals surface area (Å²) in [4.78, 5) is 14.2. The fourth-order valence-corrected chi connectivity index (χ4v) is 4.04. The maximum Gasteiger partial charge on any atom is 0.415 e. The quantitative estimate of drug-likeness (QED) is 0.455. The summed E-state index contributed by atoms with van der Waals surface area (Å²) in [6, 6.07) is 11.6. The third-order valence-corrected chi connectivity index (χ3v) is 5.63. The highest BCUT2D eigenvalue weighted by molar-refractivity contribution is 7.23. The van der Waals surface area contributed by atoms with Crippen LogP contribution in [-0.4, -0.2) is 12.7 Å². The van der Waals surface area contributed by atoms with Crippen molar-refractivity contribution in [1.29, 1.82) is 0 Å². The summed E-state index contributed by atoms with van der Waals surface area (Å²) in [5.41, 5.74) is 1.46. The Balaban J connectivity index is 1.96. The van der Waals surface area contributed by atoms with Gasteiger partial charge in [0.05, 0.1) is 13.2 Å². The van der Waals surface area contributed by atoms with Crippen molar-refractivity contribution in [2.24, 2.45) is 0 Å². The summed E-state index contributed by atoms with van der Waals surface area (Å²) in [7, 11) is 0. The predicted octanol–water partition coefficient (Wildman–Crippen LogP) is 6.43. The number of carbonyl (C=O) groups excluding carboxylic acids is 1. The third kappa shape index (κ3) is 4.27. The molecule has 3 nitrogen and oxygen atoms in total. The number of aryl methyl sites for hydroxylation is 1. The van der Waals surface area contributed by atoms with Gasteiger partial charge >= 0.3 is 6.09 Å². The summed E-state index contributed by atoms with van der Waals surface area (Å²) in [5, 5.41) is 1.82. The molecular formula is C21H21F2NO2S. The first-order valence-corrected chi connectivity index (χ1v) is 9.69. The molecule has 0 bridgehead atoms. The molecule has 142 valence electrons. The van der Waals surface area contributed by atoms with Gasteiger partial charge in [0.25, 0.3) is 0 Å². The van der Waals surface area contributed by atoms with Gasteiger partial charge in [-0.3, -0.25) is 4.90 Å². The topological polar surface area (TPSA) is 29.5 Å². The first-order valence-electron chi connectivity index (χ1n) is 8.87. The first-order chi connectivity index (χ1) is 13.0. The highest BCUT2D eigenvalue weighted by Gasteiger charge is 2.23. The van der Waals surface area contributed by atoms with Crippen molar-refractivity contribution in [3.8, 4) is 0 Å². The predicted molar refractivity (Wildman–Crippen MR) is 105 cm³/mol. The van der Waals surface area contributed by atoms with Crippen LogP contribution in [0.5, 0.6) is 0 Å². The number of halogens is 2. The number of anilines is 1. The molecular weight excluding hydrogens is 368 g/mol. The van der Waals surface area contributed by atoms with Gasteiger partial charge < -0.3 is 4.74 Å². The lowest BCUT2D eigenvalue weighted by molar-refractivity contribution is 0.151. The van der Waals surface area contributed by atoms with Crippen LogP contribution in [0.15, 0.2) is 42.5 Å². The highest BCUT2D eigenvalue weighted by atomic mass is 32.1. The zero-order valence-corrected chi connectivity index (χ0v) is 16.1. The molecule has 0 spiro atoms. The number of nitrogens with zero attached hydrogens (tertiary/aromatic N) is 1. The van der Waals surface area contributed by atoms with Crippen molar-refractivity contribution < 1.29 is 18.3 Å². The number of carbonyl (C=O) groups is 1. The van der Waals surface area contributed by atoms with E-state index in [1.165, 1.54) is 22.3 Å². The summed E-state index contributed by atoms with van der Waals surface area (Å²) in [6.07, 6.45) is 1.21. The van der Waals surface area contributed by atoms with Crippen LogP contribution in [0.1, 0.15) is 30.9 Å². The number of hydrogen-bond acceptors (Lipinski definition) is 3. The number of thiophene rings is 1. The average Bonchev–Trinajstić information content (AvgIpc) is 2.99. The lowest BCUT2D eigenvalue weighted by atomic mass is 10.1. The summed E-state index contributed by atoms with van der Waals surface area (Å²) < 4.78 is 33.3. The van der Waals surface area contributed by atoms with E-state index >= 15 is 0 Å². The van der Waals surface area contributed by atoms with Crippen LogP contribution in [0.4, 0.5) is 18.6 Å². The third-order valence-electron chi connectivity index (χ3n) is 4.33. The van der Waals surface area contributed by atoms with E-state index in [2.05, 4.69) is 0 Å². The van der Waals surface area contributed by atoms with E-state index in [-0.39, 0.29) is 6.54 Å². The smallest absolute Gasteiger partial charge is 0.415 e. The normalized spacial score (nSPS) is 11.0. The molecule has 0 saturated heterocycles. The number of fused-ring (bicyclic) bond motifs is 1. The van der Waals surface area contributed by atoms with E-state index in [4.69, 9.17) is 4.74 Å². The molecule has 0 atom stereocenters. The number of ether oxygens (including phenoxy) is 1. The lowest BCUT2D eigenvalue weighted by Gasteiger charge is -2.22. The Hall–Kier alpha value is -2.47. The summed E-state index contributed by atoms with van der Waals surface area (Å²) in [6.45, 7) is 4.40. The van der Waals surface area contributed by atoms with Gasteiger partial charge in [0, 0.05) is 4.70 Å². The van der Waals surface area contributed by atoms with Gasteiger partial charge in [-0.2, -0.15) is 0 Å². The molecule has 0 N–H and O–H groups in total. The van der Waals surface area contributed by atoms with Crippen molar-refractivity contribution >= 4 is 32.5 Å². The molecule has 0 unspecified atom stereocenters. The molecule has 0 radical (unpaired) electrons. The van der Waals surface area contributed by atoms with Crippen LogP contribution in [0.2, 0.25) is 0 Å². The standard InChI is InChI=1S/C21H21F2NO2S/c1-3-4-11-26-21(25)24(13-15-9-10-17(22)18(23)12-15)20-14(2)16-7-5-6-8-19(16)27-20/h5-10,12H,3-4,11,13H2,1-2H3. The Morgan fingerprint density at radius 1 is 1.15 bits per heavy atom. The Morgan fingerprint density at radius 3 is 2.63 bits per heavy atom. The van der Waals surface area contributed by atoms with E-state index in [1.807, 2.05) is 38.1 Å². The fraction of sp³-hybridized carbons (Fsp3) is 0.286.